The largest absolute Gasteiger partial charge is 0.457 e. The van der Waals surface area contributed by atoms with Gasteiger partial charge in [0.2, 0.25) is 10.0 Å². The molecule has 35 heavy (non-hydrogen) atoms. The van der Waals surface area contributed by atoms with E-state index in [9.17, 15) is 18.0 Å². The average molecular weight is 490 g/mol. The summed E-state index contributed by atoms with van der Waals surface area (Å²) < 4.78 is 33.7. The van der Waals surface area contributed by atoms with Gasteiger partial charge in [-0.05, 0) is 61.5 Å². The second-order valence-corrected chi connectivity index (χ2v) is 9.02. The van der Waals surface area contributed by atoms with Crippen LogP contribution < -0.4 is 10.1 Å². The standard InChI is InChI=1S/C25H19N3O6S/c1-3-14-33-25(30)18-6-4-17(5-7-18)23-13-10-20(34-23)15-22-16(2)27-28(24(22)29)19-8-11-21(12-9-19)35(26,31)32/h1,4-13,15H,14H2,2H3,(H2,26,31,32). The number of amides is 1. The number of benzene rings is 2. The van der Waals surface area contributed by atoms with Gasteiger partial charge in [-0.1, -0.05) is 18.1 Å². The van der Waals surface area contributed by atoms with E-state index in [1.54, 1.807) is 49.4 Å². The number of ether oxygens (including phenoxy) is 1. The Labute approximate surface area is 201 Å². The summed E-state index contributed by atoms with van der Waals surface area (Å²) in [5.74, 6) is 2.30. The molecular formula is C25H19N3O6S. The maximum Gasteiger partial charge on any atom is 0.339 e. The Hall–Kier alpha value is -4.46. The number of sulfonamides is 1. The molecule has 0 bridgehead atoms. The number of nitrogens with zero attached hydrogens (tertiary/aromatic N) is 2. The third-order valence-corrected chi connectivity index (χ3v) is 6.01. The van der Waals surface area contributed by atoms with Crippen LogP contribution in [0.4, 0.5) is 5.69 Å². The summed E-state index contributed by atoms with van der Waals surface area (Å²) in [6, 6.07) is 15.6. The number of primary sulfonamides is 1. The Kier molecular flexibility index (Phi) is 6.38. The monoisotopic (exact) mass is 489 g/mol. The fourth-order valence-corrected chi connectivity index (χ4v) is 3.84. The van der Waals surface area contributed by atoms with Gasteiger partial charge in [0.05, 0.1) is 27.4 Å². The Morgan fingerprint density at radius 1 is 1.14 bits per heavy atom. The topological polar surface area (TPSA) is 132 Å². The molecule has 176 valence electrons. The molecule has 2 heterocycles. The van der Waals surface area contributed by atoms with E-state index < -0.39 is 21.9 Å². The number of carbonyl (C=O) groups excluding carboxylic acids is 2. The van der Waals surface area contributed by atoms with Crippen molar-refractivity contribution in [3.8, 4) is 23.7 Å². The third kappa shape index (κ3) is 5.06. The van der Waals surface area contributed by atoms with Gasteiger partial charge in [-0.3, -0.25) is 4.79 Å². The highest BCUT2D eigenvalue weighted by atomic mass is 32.2. The molecule has 0 radical (unpaired) electrons. The summed E-state index contributed by atoms with van der Waals surface area (Å²) in [6.45, 7) is 1.58. The van der Waals surface area contributed by atoms with E-state index in [2.05, 4.69) is 11.0 Å². The van der Waals surface area contributed by atoms with Crippen molar-refractivity contribution < 1.29 is 27.2 Å². The molecule has 0 aliphatic carbocycles. The predicted molar refractivity (Wildman–Crippen MR) is 130 cm³/mol. The van der Waals surface area contributed by atoms with Gasteiger partial charge in [-0.25, -0.2) is 18.4 Å². The number of hydrazone groups is 1. The molecule has 0 unspecified atom stereocenters. The fraction of sp³-hybridized carbons (Fsp3) is 0.0800. The zero-order chi connectivity index (χ0) is 25.2. The molecule has 2 N–H and O–H groups in total. The van der Waals surface area contributed by atoms with Crippen LogP contribution in [0, 0.1) is 12.3 Å². The van der Waals surface area contributed by atoms with Gasteiger partial charge in [0.1, 0.15) is 11.5 Å². The quantitative estimate of drug-likeness (QED) is 0.321. The SMILES string of the molecule is C#CCOC(=O)c1ccc(-c2ccc(C=C3C(=O)N(c4ccc(S(N)(=O)=O)cc4)N=C3C)o2)cc1. The van der Waals surface area contributed by atoms with E-state index in [1.165, 1.54) is 29.3 Å². The van der Waals surface area contributed by atoms with Crippen LogP contribution in [0.3, 0.4) is 0 Å². The van der Waals surface area contributed by atoms with Crippen molar-refractivity contribution in [2.75, 3.05) is 11.6 Å². The minimum absolute atomic E-state index is 0.0648. The van der Waals surface area contributed by atoms with Crippen LogP contribution in [0.1, 0.15) is 23.0 Å². The summed E-state index contributed by atoms with van der Waals surface area (Å²) in [7, 11) is -3.84. The minimum Gasteiger partial charge on any atom is -0.457 e. The number of carbonyl (C=O) groups is 2. The highest BCUT2D eigenvalue weighted by Gasteiger charge is 2.29. The number of hydrogen-bond acceptors (Lipinski definition) is 7. The van der Waals surface area contributed by atoms with E-state index in [0.29, 0.717) is 34.1 Å². The molecule has 1 amide bonds. The smallest absolute Gasteiger partial charge is 0.339 e. The second-order valence-electron chi connectivity index (χ2n) is 7.46. The molecule has 0 fully saturated rings. The fourth-order valence-electron chi connectivity index (χ4n) is 3.33. The number of furan rings is 1. The van der Waals surface area contributed by atoms with Gasteiger partial charge in [0.25, 0.3) is 5.91 Å². The molecule has 9 nitrogen and oxygen atoms in total. The number of esters is 1. The molecule has 3 aromatic rings. The van der Waals surface area contributed by atoms with Crippen LogP contribution in [0.2, 0.25) is 0 Å². The van der Waals surface area contributed by atoms with E-state index in [0.717, 1.165) is 5.56 Å². The summed E-state index contributed by atoms with van der Waals surface area (Å²) in [6.07, 6.45) is 6.67. The molecule has 1 aliphatic heterocycles. The first-order chi connectivity index (χ1) is 16.7. The lowest BCUT2D eigenvalue weighted by Crippen LogP contribution is -2.21. The number of nitrogens with two attached hydrogens (primary N) is 1. The minimum atomic E-state index is -3.84. The lowest BCUT2D eigenvalue weighted by atomic mass is 10.1. The molecule has 0 spiro atoms. The van der Waals surface area contributed by atoms with Crippen LogP contribution in [-0.2, 0) is 19.6 Å². The molecule has 1 aromatic heterocycles. The first-order valence-corrected chi connectivity index (χ1v) is 11.8. The summed E-state index contributed by atoms with van der Waals surface area (Å²) in [4.78, 5) is 24.8. The van der Waals surface area contributed by atoms with Crippen LogP contribution in [-0.4, -0.2) is 32.6 Å². The van der Waals surface area contributed by atoms with Crippen molar-refractivity contribution in [3.05, 3.63) is 77.6 Å². The molecule has 10 heteroatoms. The zero-order valence-electron chi connectivity index (χ0n) is 18.5. The van der Waals surface area contributed by atoms with Crippen molar-refractivity contribution in [2.45, 2.75) is 11.8 Å². The summed E-state index contributed by atoms with van der Waals surface area (Å²) >= 11 is 0. The summed E-state index contributed by atoms with van der Waals surface area (Å²) in [5, 5.41) is 10.6. The molecule has 0 saturated heterocycles. The van der Waals surface area contributed by atoms with Gasteiger partial charge < -0.3 is 9.15 Å². The molecular weight excluding hydrogens is 470 g/mol. The normalized spacial score (nSPS) is 14.7. The number of anilines is 1. The van der Waals surface area contributed by atoms with Crippen LogP contribution in [0.5, 0.6) is 0 Å². The number of hydrogen-bond donors (Lipinski definition) is 1. The van der Waals surface area contributed by atoms with Crippen LogP contribution in [0.15, 0.2) is 80.7 Å². The average Bonchev–Trinajstić information content (AvgIpc) is 3.42. The Balaban J connectivity index is 1.52. The van der Waals surface area contributed by atoms with Crippen molar-refractivity contribution in [2.24, 2.45) is 10.2 Å². The molecule has 2 aromatic carbocycles. The maximum absolute atomic E-state index is 13.0. The highest BCUT2D eigenvalue weighted by Crippen LogP contribution is 2.28. The highest BCUT2D eigenvalue weighted by molar-refractivity contribution is 7.89. The van der Waals surface area contributed by atoms with Gasteiger partial charge in [0.15, 0.2) is 6.61 Å². The zero-order valence-corrected chi connectivity index (χ0v) is 19.3. The first kappa shape index (κ1) is 23.7. The first-order valence-electron chi connectivity index (χ1n) is 10.2. The molecule has 1 aliphatic rings. The third-order valence-electron chi connectivity index (χ3n) is 5.08. The number of rotatable bonds is 6. The lowest BCUT2D eigenvalue weighted by molar-refractivity contribution is -0.114. The molecule has 4 rings (SSSR count). The molecule has 0 saturated carbocycles. The van der Waals surface area contributed by atoms with Crippen molar-refractivity contribution >= 4 is 39.4 Å². The maximum atomic E-state index is 13.0. The second kappa shape index (κ2) is 9.42. The Morgan fingerprint density at radius 3 is 2.46 bits per heavy atom. The van der Waals surface area contributed by atoms with Gasteiger partial charge in [-0.2, -0.15) is 10.1 Å². The van der Waals surface area contributed by atoms with Gasteiger partial charge >= 0.3 is 5.97 Å². The van der Waals surface area contributed by atoms with Crippen molar-refractivity contribution in [1.29, 1.82) is 0 Å². The van der Waals surface area contributed by atoms with E-state index in [4.69, 9.17) is 20.7 Å². The van der Waals surface area contributed by atoms with Gasteiger partial charge in [0, 0.05) is 5.56 Å². The summed E-state index contributed by atoms with van der Waals surface area (Å²) in [5.41, 5.74) is 2.28. The Morgan fingerprint density at radius 2 is 1.83 bits per heavy atom. The number of terminal acetylenes is 1. The Bertz CT molecular complexity index is 1510. The van der Waals surface area contributed by atoms with Crippen LogP contribution >= 0.6 is 0 Å². The lowest BCUT2D eigenvalue weighted by Gasteiger charge is -2.11. The van der Waals surface area contributed by atoms with Gasteiger partial charge in [-0.15, -0.1) is 6.42 Å². The predicted octanol–water partition coefficient (Wildman–Crippen LogP) is 3.19. The van der Waals surface area contributed by atoms with E-state index in [1.807, 2.05) is 0 Å². The molecule has 0 atom stereocenters. The van der Waals surface area contributed by atoms with E-state index >= 15 is 0 Å². The van der Waals surface area contributed by atoms with E-state index in [-0.39, 0.29) is 11.5 Å². The van der Waals surface area contributed by atoms with Crippen molar-refractivity contribution in [1.82, 2.24) is 0 Å². The van der Waals surface area contributed by atoms with Crippen LogP contribution in [0.25, 0.3) is 17.4 Å². The van der Waals surface area contributed by atoms with Crippen molar-refractivity contribution in [3.63, 3.8) is 0 Å².